The van der Waals surface area contributed by atoms with E-state index in [9.17, 15) is 18.9 Å². The van der Waals surface area contributed by atoms with Crippen LogP contribution in [0.3, 0.4) is 0 Å². The van der Waals surface area contributed by atoms with Gasteiger partial charge >= 0.3 is 0 Å². The first-order chi connectivity index (χ1) is 10.0. The number of pyridine rings is 1. The van der Waals surface area contributed by atoms with E-state index in [0.29, 0.717) is 12.1 Å². The minimum atomic E-state index is -0.591. The molecule has 0 fully saturated rings. The number of anilines is 1. The van der Waals surface area contributed by atoms with Crippen molar-refractivity contribution in [1.82, 2.24) is 4.98 Å². The van der Waals surface area contributed by atoms with Crippen LogP contribution in [-0.2, 0) is 0 Å². The standard InChI is InChI=1S/C14H13F2N3O2/c1-2-11(12-5-3-10(16)8-17-12)18-13-7-9(15)4-6-14(13)19(20)21/h3-8,11,18H,2H2,1H3. The van der Waals surface area contributed by atoms with Crippen LogP contribution in [0.15, 0.2) is 36.5 Å². The highest BCUT2D eigenvalue weighted by molar-refractivity contribution is 5.62. The van der Waals surface area contributed by atoms with Crippen molar-refractivity contribution < 1.29 is 13.7 Å². The van der Waals surface area contributed by atoms with Crippen molar-refractivity contribution in [2.45, 2.75) is 19.4 Å². The predicted molar refractivity (Wildman–Crippen MR) is 73.9 cm³/mol. The third-order valence-corrected chi connectivity index (χ3v) is 3.00. The van der Waals surface area contributed by atoms with Crippen molar-refractivity contribution in [1.29, 1.82) is 0 Å². The van der Waals surface area contributed by atoms with Crippen LogP contribution >= 0.6 is 0 Å². The number of hydrogen-bond acceptors (Lipinski definition) is 4. The van der Waals surface area contributed by atoms with E-state index < -0.39 is 16.6 Å². The van der Waals surface area contributed by atoms with Crippen LogP contribution in [0.1, 0.15) is 25.1 Å². The second kappa shape index (κ2) is 6.25. The molecule has 1 aromatic carbocycles. The molecule has 1 unspecified atom stereocenters. The lowest BCUT2D eigenvalue weighted by molar-refractivity contribution is -0.384. The highest BCUT2D eigenvalue weighted by atomic mass is 19.1. The van der Waals surface area contributed by atoms with Crippen LogP contribution in [0, 0.1) is 21.7 Å². The van der Waals surface area contributed by atoms with E-state index in [1.807, 2.05) is 6.92 Å². The fourth-order valence-electron chi connectivity index (χ4n) is 1.95. The summed E-state index contributed by atoms with van der Waals surface area (Å²) in [6.07, 6.45) is 1.62. The Morgan fingerprint density at radius 2 is 2.00 bits per heavy atom. The summed E-state index contributed by atoms with van der Waals surface area (Å²) < 4.78 is 26.2. The summed E-state index contributed by atoms with van der Waals surface area (Å²) in [7, 11) is 0. The van der Waals surface area contributed by atoms with Crippen molar-refractivity contribution >= 4 is 11.4 Å². The van der Waals surface area contributed by atoms with Gasteiger partial charge in [-0.1, -0.05) is 6.92 Å². The highest BCUT2D eigenvalue weighted by Crippen LogP contribution is 2.29. The van der Waals surface area contributed by atoms with Gasteiger partial charge in [0.25, 0.3) is 5.69 Å². The van der Waals surface area contributed by atoms with Crippen LogP contribution in [0.2, 0.25) is 0 Å². The summed E-state index contributed by atoms with van der Waals surface area (Å²) in [5.74, 6) is -1.05. The molecule has 7 heteroatoms. The van der Waals surface area contributed by atoms with Crippen LogP contribution in [-0.4, -0.2) is 9.91 Å². The van der Waals surface area contributed by atoms with E-state index in [1.165, 1.54) is 12.1 Å². The smallest absolute Gasteiger partial charge is 0.292 e. The monoisotopic (exact) mass is 293 g/mol. The molecule has 1 atom stereocenters. The van der Waals surface area contributed by atoms with Gasteiger partial charge in [-0.3, -0.25) is 15.1 Å². The number of nitrogens with zero attached hydrogens (tertiary/aromatic N) is 2. The van der Waals surface area contributed by atoms with Gasteiger partial charge in [-0.15, -0.1) is 0 Å². The number of benzene rings is 1. The normalized spacial score (nSPS) is 12.0. The molecule has 2 rings (SSSR count). The third kappa shape index (κ3) is 3.50. The van der Waals surface area contributed by atoms with E-state index in [0.717, 1.165) is 24.4 Å². The lowest BCUT2D eigenvalue weighted by atomic mass is 10.1. The fraction of sp³-hybridized carbons (Fsp3) is 0.214. The van der Waals surface area contributed by atoms with E-state index >= 15 is 0 Å². The van der Waals surface area contributed by atoms with Crippen molar-refractivity contribution in [3.8, 4) is 0 Å². The summed E-state index contributed by atoms with van der Waals surface area (Å²) in [6.45, 7) is 1.84. The van der Waals surface area contributed by atoms with Crippen molar-refractivity contribution in [3.05, 3.63) is 64.0 Å². The van der Waals surface area contributed by atoms with E-state index in [4.69, 9.17) is 0 Å². The van der Waals surface area contributed by atoms with Gasteiger partial charge in [0.05, 0.1) is 22.9 Å². The van der Waals surface area contributed by atoms with Gasteiger partial charge in [0.2, 0.25) is 0 Å². The van der Waals surface area contributed by atoms with Crippen LogP contribution in [0.25, 0.3) is 0 Å². The minimum Gasteiger partial charge on any atom is -0.371 e. The van der Waals surface area contributed by atoms with E-state index in [-0.39, 0.29) is 17.4 Å². The number of nitrogens with one attached hydrogen (secondary N) is 1. The van der Waals surface area contributed by atoms with Gasteiger partial charge in [0.15, 0.2) is 0 Å². The number of rotatable bonds is 5. The Labute approximate surface area is 119 Å². The summed E-state index contributed by atoms with van der Waals surface area (Å²) in [5, 5.41) is 13.9. The Balaban J connectivity index is 2.32. The zero-order chi connectivity index (χ0) is 15.4. The van der Waals surface area contributed by atoms with Gasteiger partial charge in [-0.2, -0.15) is 0 Å². The molecule has 0 aliphatic heterocycles. The molecule has 0 spiro atoms. The molecule has 5 nitrogen and oxygen atoms in total. The molecule has 0 aliphatic carbocycles. The molecule has 1 heterocycles. The number of nitro groups is 1. The Hall–Kier alpha value is -2.57. The molecule has 0 bridgehead atoms. The maximum absolute atomic E-state index is 13.3. The summed E-state index contributed by atoms with van der Waals surface area (Å²) >= 11 is 0. The van der Waals surface area contributed by atoms with Crippen molar-refractivity contribution in [3.63, 3.8) is 0 Å². The molecule has 110 valence electrons. The first kappa shape index (κ1) is 14.8. The van der Waals surface area contributed by atoms with E-state index in [2.05, 4.69) is 10.3 Å². The number of halogens is 2. The first-order valence-corrected chi connectivity index (χ1v) is 6.33. The van der Waals surface area contributed by atoms with E-state index in [1.54, 1.807) is 0 Å². The second-order valence-corrected chi connectivity index (χ2v) is 4.43. The van der Waals surface area contributed by atoms with Crippen molar-refractivity contribution in [2.24, 2.45) is 0 Å². The van der Waals surface area contributed by atoms with Crippen molar-refractivity contribution in [2.75, 3.05) is 5.32 Å². The maximum atomic E-state index is 13.3. The predicted octanol–water partition coefficient (Wildman–Crippen LogP) is 3.83. The largest absolute Gasteiger partial charge is 0.371 e. The molecule has 0 radical (unpaired) electrons. The van der Waals surface area contributed by atoms with Gasteiger partial charge in [0, 0.05) is 12.1 Å². The van der Waals surface area contributed by atoms with Crippen LogP contribution < -0.4 is 5.32 Å². The molecule has 0 amide bonds. The third-order valence-electron chi connectivity index (χ3n) is 3.00. The molecule has 2 aromatic rings. The number of nitro benzene ring substituents is 1. The van der Waals surface area contributed by atoms with Gasteiger partial charge in [-0.25, -0.2) is 8.78 Å². The molecule has 0 aliphatic rings. The molecule has 0 saturated carbocycles. The lowest BCUT2D eigenvalue weighted by Gasteiger charge is -2.17. The molecule has 1 N–H and O–H groups in total. The van der Waals surface area contributed by atoms with Gasteiger partial charge < -0.3 is 5.32 Å². The average molecular weight is 293 g/mol. The van der Waals surface area contributed by atoms with Crippen LogP contribution in [0.4, 0.5) is 20.2 Å². The average Bonchev–Trinajstić information content (AvgIpc) is 2.45. The lowest BCUT2D eigenvalue weighted by Crippen LogP contribution is -2.12. The topological polar surface area (TPSA) is 68.1 Å². The second-order valence-electron chi connectivity index (χ2n) is 4.43. The number of aromatic nitrogens is 1. The Kier molecular flexibility index (Phi) is 4.42. The maximum Gasteiger partial charge on any atom is 0.292 e. The first-order valence-electron chi connectivity index (χ1n) is 6.33. The Bertz CT molecular complexity index is 647. The van der Waals surface area contributed by atoms with Gasteiger partial charge in [0.1, 0.15) is 17.3 Å². The van der Waals surface area contributed by atoms with Crippen LogP contribution in [0.5, 0.6) is 0 Å². The minimum absolute atomic E-state index is 0.0676. The summed E-state index contributed by atoms with van der Waals surface area (Å²) in [4.78, 5) is 14.3. The molecule has 1 aromatic heterocycles. The Morgan fingerprint density at radius 1 is 1.29 bits per heavy atom. The SMILES string of the molecule is CCC(Nc1cc(F)ccc1[N+](=O)[O-])c1ccc(F)cn1. The molecular weight excluding hydrogens is 280 g/mol. The molecule has 21 heavy (non-hydrogen) atoms. The quantitative estimate of drug-likeness (QED) is 0.672. The fourth-order valence-corrected chi connectivity index (χ4v) is 1.95. The number of hydrogen-bond donors (Lipinski definition) is 1. The molecule has 0 saturated heterocycles. The molecular formula is C14H13F2N3O2. The Morgan fingerprint density at radius 3 is 2.57 bits per heavy atom. The zero-order valence-electron chi connectivity index (χ0n) is 11.2. The summed E-state index contributed by atoms with van der Waals surface area (Å²) in [6, 6.07) is 5.55. The summed E-state index contributed by atoms with van der Waals surface area (Å²) in [5.41, 5.74) is 0.368. The highest BCUT2D eigenvalue weighted by Gasteiger charge is 2.19. The zero-order valence-corrected chi connectivity index (χ0v) is 11.2. The van der Waals surface area contributed by atoms with Gasteiger partial charge in [-0.05, 0) is 24.6 Å².